The zero-order valence-electron chi connectivity index (χ0n) is 8.89. The van der Waals surface area contributed by atoms with Gasteiger partial charge in [0.25, 0.3) is 0 Å². The number of nitrogens with one attached hydrogen (secondary N) is 1. The van der Waals surface area contributed by atoms with E-state index in [4.69, 9.17) is 11.6 Å². The van der Waals surface area contributed by atoms with Crippen molar-refractivity contribution >= 4 is 11.6 Å². The lowest BCUT2D eigenvalue weighted by molar-refractivity contribution is 0.609. The molecule has 14 heavy (non-hydrogen) atoms. The van der Waals surface area contributed by atoms with E-state index >= 15 is 0 Å². The van der Waals surface area contributed by atoms with Gasteiger partial charge in [-0.1, -0.05) is 37.6 Å². The van der Waals surface area contributed by atoms with Crippen molar-refractivity contribution in [2.75, 3.05) is 13.1 Å². The van der Waals surface area contributed by atoms with Gasteiger partial charge in [-0.25, -0.2) is 0 Å². The molecule has 0 radical (unpaired) electrons. The largest absolute Gasteiger partial charge is 0.317 e. The second kappa shape index (κ2) is 6.05. The van der Waals surface area contributed by atoms with Crippen LogP contribution in [0.25, 0.3) is 0 Å². The monoisotopic (exact) mass is 211 g/mol. The quantitative estimate of drug-likeness (QED) is 0.736. The number of benzene rings is 1. The molecule has 1 aromatic carbocycles. The first-order chi connectivity index (χ1) is 6.74. The highest BCUT2D eigenvalue weighted by atomic mass is 35.5. The Morgan fingerprint density at radius 1 is 1.29 bits per heavy atom. The molecule has 1 nitrogen and oxygen atoms in total. The van der Waals surface area contributed by atoms with Crippen LogP contribution >= 0.6 is 11.6 Å². The molecule has 0 heterocycles. The first kappa shape index (κ1) is 11.5. The third-order valence-corrected chi connectivity index (χ3v) is 2.70. The van der Waals surface area contributed by atoms with Crippen LogP contribution in [-0.4, -0.2) is 13.1 Å². The summed E-state index contributed by atoms with van der Waals surface area (Å²) in [7, 11) is 0. The molecule has 0 aliphatic heterocycles. The molecular weight excluding hydrogens is 194 g/mol. The number of hydrogen-bond donors (Lipinski definition) is 1. The van der Waals surface area contributed by atoms with Crippen LogP contribution in [0.4, 0.5) is 0 Å². The zero-order chi connectivity index (χ0) is 10.4. The third kappa shape index (κ3) is 3.69. The average Bonchev–Trinajstić information content (AvgIpc) is 2.19. The van der Waals surface area contributed by atoms with E-state index in [1.165, 1.54) is 12.0 Å². The van der Waals surface area contributed by atoms with Gasteiger partial charge in [0, 0.05) is 5.02 Å². The lowest BCUT2D eigenvalue weighted by Crippen LogP contribution is -2.15. The first-order valence-electron chi connectivity index (χ1n) is 5.20. The van der Waals surface area contributed by atoms with E-state index in [0.29, 0.717) is 5.92 Å². The summed E-state index contributed by atoms with van der Waals surface area (Å²) in [6.45, 7) is 6.52. The van der Waals surface area contributed by atoms with Crippen LogP contribution in [0.5, 0.6) is 0 Å². The summed E-state index contributed by atoms with van der Waals surface area (Å²) in [5.74, 6) is 0.603. The van der Waals surface area contributed by atoms with Crippen molar-refractivity contribution in [2.45, 2.75) is 26.2 Å². The molecule has 0 aromatic heterocycles. The minimum Gasteiger partial charge on any atom is -0.317 e. The van der Waals surface area contributed by atoms with Crippen molar-refractivity contribution < 1.29 is 0 Å². The van der Waals surface area contributed by atoms with Gasteiger partial charge in [0.2, 0.25) is 0 Å². The Balaban J connectivity index is 2.43. The topological polar surface area (TPSA) is 12.0 Å². The van der Waals surface area contributed by atoms with Crippen LogP contribution in [0.3, 0.4) is 0 Å². The van der Waals surface area contributed by atoms with E-state index in [2.05, 4.69) is 31.3 Å². The number of hydrogen-bond acceptors (Lipinski definition) is 1. The molecule has 0 fully saturated rings. The highest BCUT2D eigenvalue weighted by molar-refractivity contribution is 6.30. The van der Waals surface area contributed by atoms with Gasteiger partial charge >= 0.3 is 0 Å². The van der Waals surface area contributed by atoms with Crippen LogP contribution in [0.1, 0.15) is 31.7 Å². The fraction of sp³-hybridized carbons (Fsp3) is 0.500. The van der Waals surface area contributed by atoms with Crippen LogP contribution < -0.4 is 5.32 Å². The minimum absolute atomic E-state index is 0.603. The lowest BCUT2D eigenvalue weighted by atomic mass is 9.98. The average molecular weight is 212 g/mol. The Morgan fingerprint density at radius 2 is 1.93 bits per heavy atom. The van der Waals surface area contributed by atoms with Crippen LogP contribution in [-0.2, 0) is 0 Å². The summed E-state index contributed by atoms with van der Waals surface area (Å²) in [6.07, 6.45) is 1.18. The van der Waals surface area contributed by atoms with Crippen molar-refractivity contribution in [1.29, 1.82) is 0 Å². The van der Waals surface area contributed by atoms with E-state index in [1.54, 1.807) is 0 Å². The van der Waals surface area contributed by atoms with E-state index in [1.807, 2.05) is 12.1 Å². The Morgan fingerprint density at radius 3 is 2.50 bits per heavy atom. The van der Waals surface area contributed by atoms with Crippen LogP contribution in [0.2, 0.25) is 5.02 Å². The molecule has 0 aliphatic carbocycles. The standard InChI is InChI=1S/C12H18ClN/c1-3-14-9-8-10(2)11-4-6-12(13)7-5-11/h4-7,10,14H,3,8-9H2,1-2H3. The number of halogens is 1. The molecule has 0 aliphatic rings. The molecule has 1 aromatic rings. The van der Waals surface area contributed by atoms with E-state index in [9.17, 15) is 0 Å². The Kier molecular flexibility index (Phi) is 4.99. The SMILES string of the molecule is CCNCCC(C)c1ccc(Cl)cc1. The molecule has 78 valence electrons. The molecule has 2 heteroatoms. The highest BCUT2D eigenvalue weighted by Gasteiger charge is 2.03. The molecule has 0 bridgehead atoms. The van der Waals surface area contributed by atoms with Gasteiger partial charge < -0.3 is 5.32 Å². The Hall–Kier alpha value is -0.530. The minimum atomic E-state index is 0.603. The van der Waals surface area contributed by atoms with Crippen molar-refractivity contribution in [1.82, 2.24) is 5.32 Å². The lowest BCUT2D eigenvalue weighted by Gasteiger charge is -2.11. The van der Waals surface area contributed by atoms with Gasteiger partial charge in [0.05, 0.1) is 0 Å². The fourth-order valence-corrected chi connectivity index (χ4v) is 1.58. The summed E-state index contributed by atoms with van der Waals surface area (Å²) in [5, 5.41) is 4.15. The zero-order valence-corrected chi connectivity index (χ0v) is 9.64. The van der Waals surface area contributed by atoms with Gasteiger partial charge in [0.1, 0.15) is 0 Å². The maximum Gasteiger partial charge on any atom is 0.0406 e. The van der Waals surface area contributed by atoms with Crippen molar-refractivity contribution in [2.24, 2.45) is 0 Å². The molecule has 1 N–H and O–H groups in total. The molecule has 0 spiro atoms. The maximum atomic E-state index is 5.83. The molecule has 1 atom stereocenters. The second-order valence-electron chi connectivity index (χ2n) is 3.59. The fourth-order valence-electron chi connectivity index (χ4n) is 1.45. The molecule has 0 saturated carbocycles. The van der Waals surface area contributed by atoms with Gasteiger partial charge in [-0.15, -0.1) is 0 Å². The van der Waals surface area contributed by atoms with Crippen molar-refractivity contribution in [3.63, 3.8) is 0 Å². The van der Waals surface area contributed by atoms with E-state index < -0.39 is 0 Å². The molecule has 0 saturated heterocycles. The normalized spacial score (nSPS) is 12.8. The van der Waals surface area contributed by atoms with Crippen LogP contribution in [0.15, 0.2) is 24.3 Å². The van der Waals surface area contributed by atoms with E-state index in [-0.39, 0.29) is 0 Å². The first-order valence-corrected chi connectivity index (χ1v) is 5.58. The van der Waals surface area contributed by atoms with Gasteiger partial charge in [-0.05, 0) is 43.1 Å². The third-order valence-electron chi connectivity index (χ3n) is 2.44. The van der Waals surface area contributed by atoms with Gasteiger partial charge in [0.15, 0.2) is 0 Å². The maximum absolute atomic E-state index is 5.83. The highest BCUT2D eigenvalue weighted by Crippen LogP contribution is 2.20. The van der Waals surface area contributed by atoms with Crippen molar-refractivity contribution in [3.05, 3.63) is 34.9 Å². The molecule has 1 rings (SSSR count). The predicted molar refractivity (Wildman–Crippen MR) is 63.0 cm³/mol. The summed E-state index contributed by atoms with van der Waals surface area (Å²) in [5.41, 5.74) is 1.37. The molecule has 1 unspecified atom stereocenters. The molecular formula is C12H18ClN. The van der Waals surface area contributed by atoms with Crippen LogP contribution in [0, 0.1) is 0 Å². The summed E-state index contributed by atoms with van der Waals surface area (Å²) >= 11 is 5.83. The second-order valence-corrected chi connectivity index (χ2v) is 4.03. The summed E-state index contributed by atoms with van der Waals surface area (Å²) in [6, 6.07) is 8.14. The molecule has 0 amide bonds. The van der Waals surface area contributed by atoms with Gasteiger partial charge in [-0.3, -0.25) is 0 Å². The smallest absolute Gasteiger partial charge is 0.0406 e. The Bertz CT molecular complexity index is 256. The van der Waals surface area contributed by atoms with Crippen molar-refractivity contribution in [3.8, 4) is 0 Å². The summed E-state index contributed by atoms with van der Waals surface area (Å²) < 4.78 is 0. The summed E-state index contributed by atoms with van der Waals surface area (Å²) in [4.78, 5) is 0. The van der Waals surface area contributed by atoms with E-state index in [0.717, 1.165) is 18.1 Å². The predicted octanol–water partition coefficient (Wildman–Crippen LogP) is 3.44. The van der Waals surface area contributed by atoms with Gasteiger partial charge in [-0.2, -0.15) is 0 Å². The Labute approximate surface area is 91.5 Å². The number of rotatable bonds is 5.